The van der Waals surface area contributed by atoms with E-state index in [1.807, 2.05) is 42.5 Å². The van der Waals surface area contributed by atoms with Gasteiger partial charge in [-0.25, -0.2) is 9.78 Å². The molecule has 29 heavy (non-hydrogen) atoms. The van der Waals surface area contributed by atoms with Gasteiger partial charge < -0.3 is 5.11 Å². The molecule has 0 fully saturated rings. The Kier molecular flexibility index (Phi) is 4.93. The Labute approximate surface area is 166 Å². The van der Waals surface area contributed by atoms with Crippen molar-refractivity contribution in [3.05, 3.63) is 72.4 Å². The number of hydrogen-bond acceptors (Lipinski definition) is 4. The predicted octanol–water partition coefficient (Wildman–Crippen LogP) is 4.67. The van der Waals surface area contributed by atoms with Gasteiger partial charge in [-0.15, -0.1) is 0 Å². The van der Waals surface area contributed by atoms with Gasteiger partial charge >= 0.3 is 5.97 Å². The van der Waals surface area contributed by atoms with Crippen molar-refractivity contribution in [2.75, 3.05) is 11.7 Å². The molecule has 0 saturated carbocycles. The molecule has 1 N–H and O–H groups in total. The Balaban J connectivity index is 2.06. The topological polar surface area (TPSA) is 79.7 Å². The second kappa shape index (κ2) is 7.69. The number of pyridine rings is 1. The summed E-state index contributed by atoms with van der Waals surface area (Å²) in [7, 11) is 0. The molecule has 4 aromatic rings. The summed E-state index contributed by atoms with van der Waals surface area (Å²) in [5, 5.41) is 13.3. The van der Waals surface area contributed by atoms with Crippen LogP contribution in [0, 0.1) is 0 Å². The fraction of sp³-hybridized carbons (Fsp3) is 0.0870. The largest absolute Gasteiger partial charge is 0.477 e. The Bertz CT molecular complexity index is 1230. The van der Waals surface area contributed by atoms with Crippen LogP contribution >= 0.6 is 0 Å². The highest BCUT2D eigenvalue weighted by atomic mass is 16.7. The zero-order valence-electron chi connectivity index (χ0n) is 15.7. The zero-order chi connectivity index (χ0) is 20.4. The van der Waals surface area contributed by atoms with E-state index in [1.54, 1.807) is 25.1 Å². The van der Waals surface area contributed by atoms with Gasteiger partial charge in [0, 0.05) is 10.9 Å². The molecule has 0 unspecified atom stereocenters. The number of carbonyl (C=O) groups is 2. The molecule has 0 bridgehead atoms. The van der Waals surface area contributed by atoms with Crippen LogP contribution in [0.25, 0.3) is 32.8 Å². The maximum Gasteiger partial charge on any atom is 0.354 e. The lowest BCUT2D eigenvalue weighted by Gasteiger charge is -2.19. The lowest BCUT2D eigenvalue weighted by Crippen LogP contribution is -2.21. The second-order valence-electron chi connectivity index (χ2n) is 6.44. The Morgan fingerprint density at radius 1 is 1.03 bits per heavy atom. The minimum atomic E-state index is -1.09. The van der Waals surface area contributed by atoms with E-state index in [9.17, 15) is 14.7 Å². The van der Waals surface area contributed by atoms with Gasteiger partial charge in [0.1, 0.15) is 5.69 Å². The number of benzene rings is 3. The highest BCUT2D eigenvalue weighted by Crippen LogP contribution is 2.36. The summed E-state index contributed by atoms with van der Waals surface area (Å²) < 4.78 is 0. The molecule has 6 nitrogen and oxygen atoms in total. The first-order valence-corrected chi connectivity index (χ1v) is 9.16. The molecule has 0 aliphatic rings. The summed E-state index contributed by atoms with van der Waals surface area (Å²) >= 11 is 0. The molecular formula is C23H18N2O4. The third-order valence-corrected chi connectivity index (χ3v) is 4.69. The summed E-state index contributed by atoms with van der Waals surface area (Å²) in [6.45, 7) is 2.13. The first-order chi connectivity index (χ1) is 14.1. The van der Waals surface area contributed by atoms with Crippen molar-refractivity contribution >= 4 is 39.7 Å². The molecule has 4 rings (SSSR count). The average Bonchev–Trinajstić information content (AvgIpc) is 2.76. The van der Waals surface area contributed by atoms with Crippen LogP contribution in [0.4, 0.5) is 5.69 Å². The fourth-order valence-electron chi connectivity index (χ4n) is 3.44. The molecule has 6 heteroatoms. The number of carboxylic acid groups (broad SMARTS) is 1. The molecule has 1 aromatic heterocycles. The number of hydrogen-bond donors (Lipinski definition) is 1. The first kappa shape index (κ1) is 18.6. The summed E-state index contributed by atoms with van der Waals surface area (Å²) in [6, 6.07) is 20.5. The van der Waals surface area contributed by atoms with Gasteiger partial charge in [0.05, 0.1) is 17.8 Å². The van der Waals surface area contributed by atoms with E-state index >= 15 is 0 Å². The van der Waals surface area contributed by atoms with E-state index < -0.39 is 5.97 Å². The molecule has 3 aromatic carbocycles. The molecule has 1 heterocycles. The minimum absolute atomic E-state index is 0.0382. The molecule has 0 aliphatic carbocycles. The number of nitrogens with zero attached hydrogens (tertiary/aromatic N) is 2. The third kappa shape index (κ3) is 3.41. The molecule has 0 spiro atoms. The molecule has 144 valence electrons. The van der Waals surface area contributed by atoms with Crippen molar-refractivity contribution in [1.82, 2.24) is 4.98 Å². The van der Waals surface area contributed by atoms with Crippen LogP contribution in [0.3, 0.4) is 0 Å². The molecule has 0 atom stereocenters. The third-order valence-electron chi connectivity index (χ3n) is 4.69. The lowest BCUT2D eigenvalue weighted by atomic mass is 9.95. The number of amides is 1. The number of carboxylic acids is 1. The van der Waals surface area contributed by atoms with Gasteiger partial charge in [0.15, 0.2) is 0 Å². The lowest BCUT2D eigenvalue weighted by molar-refractivity contribution is -0.113. The molecule has 0 radical (unpaired) electrons. The van der Waals surface area contributed by atoms with Crippen LogP contribution in [0.5, 0.6) is 0 Å². The monoisotopic (exact) mass is 386 g/mol. The van der Waals surface area contributed by atoms with Crippen molar-refractivity contribution in [3.63, 3.8) is 0 Å². The van der Waals surface area contributed by atoms with Gasteiger partial charge in [0.2, 0.25) is 6.41 Å². The van der Waals surface area contributed by atoms with Crippen molar-refractivity contribution in [1.29, 1.82) is 0 Å². The quantitative estimate of drug-likeness (QED) is 0.385. The van der Waals surface area contributed by atoms with E-state index in [0.29, 0.717) is 29.6 Å². The van der Waals surface area contributed by atoms with Gasteiger partial charge in [-0.2, -0.15) is 5.06 Å². The van der Waals surface area contributed by atoms with E-state index in [1.165, 1.54) is 11.1 Å². The second-order valence-corrected chi connectivity index (χ2v) is 6.44. The molecule has 0 aliphatic heterocycles. The van der Waals surface area contributed by atoms with Crippen LogP contribution in [-0.2, 0) is 9.63 Å². The molecular weight excluding hydrogens is 368 g/mol. The fourth-order valence-corrected chi connectivity index (χ4v) is 3.44. The SMILES string of the molecule is CCON(C=O)c1cc(-c2cccc3ccccc23)c2nc(C(=O)O)ccc2c1. The molecule has 1 amide bonds. The number of aromatic nitrogens is 1. The van der Waals surface area contributed by atoms with Crippen LogP contribution in [0.2, 0.25) is 0 Å². The Morgan fingerprint density at radius 2 is 1.83 bits per heavy atom. The summed E-state index contributed by atoms with van der Waals surface area (Å²) in [4.78, 5) is 32.8. The number of fused-ring (bicyclic) bond motifs is 2. The number of anilines is 1. The summed E-state index contributed by atoms with van der Waals surface area (Å²) in [6.07, 6.45) is 0.608. The zero-order valence-corrected chi connectivity index (χ0v) is 15.7. The van der Waals surface area contributed by atoms with Crippen molar-refractivity contribution in [3.8, 4) is 11.1 Å². The number of rotatable bonds is 6. The number of hydroxylamine groups is 1. The summed E-state index contributed by atoms with van der Waals surface area (Å²) in [5.41, 5.74) is 2.68. The van der Waals surface area contributed by atoms with E-state index in [-0.39, 0.29) is 5.69 Å². The minimum Gasteiger partial charge on any atom is -0.477 e. The van der Waals surface area contributed by atoms with Crippen LogP contribution < -0.4 is 5.06 Å². The van der Waals surface area contributed by atoms with Gasteiger partial charge in [0.25, 0.3) is 0 Å². The van der Waals surface area contributed by atoms with Gasteiger partial charge in [-0.1, -0.05) is 48.5 Å². The van der Waals surface area contributed by atoms with Gasteiger partial charge in [-0.3, -0.25) is 9.63 Å². The average molecular weight is 386 g/mol. The highest BCUT2D eigenvalue weighted by molar-refractivity contribution is 6.06. The van der Waals surface area contributed by atoms with Crippen molar-refractivity contribution in [2.24, 2.45) is 0 Å². The standard InChI is InChI=1S/C23H18N2O4/c1-2-29-25(14-26)17-12-16-10-11-21(23(27)28)24-22(16)20(13-17)19-9-5-7-15-6-3-4-8-18(15)19/h3-14H,2H2,1H3,(H,27,28). The predicted molar refractivity (Wildman–Crippen MR) is 112 cm³/mol. The summed E-state index contributed by atoms with van der Waals surface area (Å²) in [5.74, 6) is -1.09. The highest BCUT2D eigenvalue weighted by Gasteiger charge is 2.16. The normalized spacial score (nSPS) is 10.9. The van der Waals surface area contributed by atoms with E-state index in [0.717, 1.165) is 21.9 Å². The van der Waals surface area contributed by atoms with E-state index in [2.05, 4.69) is 4.98 Å². The Morgan fingerprint density at radius 3 is 2.59 bits per heavy atom. The molecule has 0 saturated heterocycles. The number of aromatic carboxylic acids is 1. The van der Waals surface area contributed by atoms with E-state index in [4.69, 9.17) is 4.84 Å². The van der Waals surface area contributed by atoms with Crippen LogP contribution in [0.1, 0.15) is 17.4 Å². The Hall–Kier alpha value is -3.77. The van der Waals surface area contributed by atoms with Crippen LogP contribution in [0.15, 0.2) is 66.7 Å². The van der Waals surface area contributed by atoms with Crippen LogP contribution in [-0.4, -0.2) is 29.1 Å². The maximum atomic E-state index is 11.5. The van der Waals surface area contributed by atoms with Crippen molar-refractivity contribution in [2.45, 2.75) is 6.92 Å². The maximum absolute atomic E-state index is 11.5. The number of carbonyl (C=O) groups excluding carboxylic acids is 1. The van der Waals surface area contributed by atoms with Crippen molar-refractivity contribution < 1.29 is 19.5 Å². The smallest absolute Gasteiger partial charge is 0.354 e. The van der Waals surface area contributed by atoms with Gasteiger partial charge in [-0.05, 0) is 41.5 Å². The first-order valence-electron chi connectivity index (χ1n) is 9.16.